The average Bonchev–Trinajstić information content (AvgIpc) is 2.47. The van der Waals surface area contributed by atoms with Gasteiger partial charge < -0.3 is 4.90 Å². The molecule has 5 nitrogen and oxygen atoms in total. The van der Waals surface area contributed by atoms with E-state index in [2.05, 4.69) is 20.7 Å². The summed E-state index contributed by atoms with van der Waals surface area (Å²) in [5, 5.41) is 0. The Bertz CT molecular complexity index is 804. The third-order valence-corrected chi connectivity index (χ3v) is 4.23. The summed E-state index contributed by atoms with van der Waals surface area (Å²) in [6, 6.07) is 14.2. The van der Waals surface area contributed by atoms with Crippen molar-refractivity contribution in [1.29, 1.82) is 0 Å². The van der Waals surface area contributed by atoms with E-state index in [9.17, 15) is 13.2 Å². The predicted octanol–water partition coefficient (Wildman–Crippen LogP) is 3.09. The third kappa shape index (κ3) is 5.37. The number of anilines is 1. The number of hydrogen-bond donors (Lipinski definition) is 1. The molecule has 0 saturated heterocycles. The number of carbonyl (C=O) groups is 1. The van der Waals surface area contributed by atoms with Crippen LogP contribution in [0.1, 0.15) is 15.9 Å². The lowest BCUT2D eigenvalue weighted by atomic mass is 10.1. The highest BCUT2D eigenvalue weighted by Crippen LogP contribution is 2.16. The van der Waals surface area contributed by atoms with Crippen LogP contribution in [-0.2, 0) is 16.6 Å². The lowest BCUT2D eigenvalue weighted by Gasteiger charge is -2.18. The van der Waals surface area contributed by atoms with Gasteiger partial charge >= 0.3 is 0 Å². The van der Waals surface area contributed by atoms with Crippen LogP contribution in [0.4, 0.5) is 5.69 Å². The fourth-order valence-electron chi connectivity index (χ4n) is 2.09. The molecule has 0 unspecified atom stereocenters. The quantitative estimate of drug-likeness (QED) is 0.843. The van der Waals surface area contributed by atoms with Gasteiger partial charge in [-0.3, -0.25) is 9.52 Å². The van der Waals surface area contributed by atoms with Crippen LogP contribution in [0.25, 0.3) is 0 Å². The fourth-order valence-corrected chi connectivity index (χ4v) is 2.91. The molecule has 0 atom stereocenters. The number of nitrogens with one attached hydrogen (secondary N) is 1. The fraction of sp³-hybridized carbons (Fsp3) is 0.188. The van der Waals surface area contributed by atoms with Crippen LogP contribution in [0.2, 0.25) is 0 Å². The number of rotatable bonds is 5. The normalized spacial score (nSPS) is 11.1. The molecule has 0 fully saturated rings. The molecular weight excluding hydrogens is 380 g/mol. The Labute approximate surface area is 144 Å². The molecule has 23 heavy (non-hydrogen) atoms. The summed E-state index contributed by atoms with van der Waals surface area (Å²) in [7, 11) is -1.66. The first-order valence-corrected chi connectivity index (χ1v) is 9.51. The zero-order valence-corrected chi connectivity index (χ0v) is 15.2. The third-order valence-electron chi connectivity index (χ3n) is 3.09. The van der Waals surface area contributed by atoms with E-state index in [1.807, 2.05) is 24.3 Å². The van der Waals surface area contributed by atoms with Crippen molar-refractivity contribution >= 4 is 37.5 Å². The van der Waals surface area contributed by atoms with Gasteiger partial charge in [-0.25, -0.2) is 8.42 Å². The molecule has 0 saturated carbocycles. The van der Waals surface area contributed by atoms with Gasteiger partial charge in [0.05, 0.1) is 6.26 Å². The molecule has 0 radical (unpaired) electrons. The molecule has 0 aliphatic heterocycles. The van der Waals surface area contributed by atoms with Crippen LogP contribution < -0.4 is 4.72 Å². The van der Waals surface area contributed by atoms with Crippen molar-refractivity contribution in [3.63, 3.8) is 0 Å². The Morgan fingerprint density at radius 1 is 1.17 bits per heavy atom. The minimum atomic E-state index is -3.37. The Morgan fingerprint density at radius 2 is 1.83 bits per heavy atom. The molecular formula is C16H17BrN2O3S. The van der Waals surface area contributed by atoms with Crippen molar-refractivity contribution in [2.24, 2.45) is 0 Å². The summed E-state index contributed by atoms with van der Waals surface area (Å²) in [4.78, 5) is 14.1. The molecule has 2 aromatic carbocycles. The summed E-state index contributed by atoms with van der Waals surface area (Å²) < 4.78 is 25.9. The van der Waals surface area contributed by atoms with E-state index in [4.69, 9.17) is 0 Å². The van der Waals surface area contributed by atoms with Gasteiger partial charge in [-0.15, -0.1) is 0 Å². The SMILES string of the molecule is CN(Cc1ccc(Br)cc1)C(=O)c1cccc(NS(C)(=O)=O)c1. The van der Waals surface area contributed by atoms with Gasteiger partial charge in [-0.1, -0.05) is 34.1 Å². The second-order valence-corrected chi connectivity index (χ2v) is 7.91. The highest BCUT2D eigenvalue weighted by molar-refractivity contribution is 9.10. The van der Waals surface area contributed by atoms with Gasteiger partial charge in [0, 0.05) is 29.3 Å². The summed E-state index contributed by atoms with van der Waals surface area (Å²) in [5.41, 5.74) is 1.81. The summed E-state index contributed by atoms with van der Waals surface area (Å²) in [6.45, 7) is 0.468. The number of amides is 1. The number of nitrogens with zero attached hydrogens (tertiary/aromatic N) is 1. The van der Waals surface area contributed by atoms with Gasteiger partial charge in [-0.05, 0) is 35.9 Å². The zero-order chi connectivity index (χ0) is 17.0. The zero-order valence-electron chi connectivity index (χ0n) is 12.8. The van der Waals surface area contributed by atoms with Gasteiger partial charge in [0.2, 0.25) is 10.0 Å². The number of hydrogen-bond acceptors (Lipinski definition) is 3. The van der Waals surface area contributed by atoms with Crippen LogP contribution in [0.3, 0.4) is 0 Å². The van der Waals surface area contributed by atoms with Crippen LogP contribution in [0.15, 0.2) is 53.0 Å². The molecule has 122 valence electrons. The molecule has 1 amide bonds. The minimum Gasteiger partial charge on any atom is -0.337 e. The van der Waals surface area contributed by atoms with Gasteiger partial charge in [0.1, 0.15) is 0 Å². The molecule has 0 heterocycles. The molecule has 0 bridgehead atoms. The minimum absolute atomic E-state index is 0.176. The van der Waals surface area contributed by atoms with Crippen molar-refractivity contribution in [2.75, 3.05) is 18.0 Å². The van der Waals surface area contributed by atoms with E-state index >= 15 is 0 Å². The molecule has 0 spiro atoms. The van der Waals surface area contributed by atoms with E-state index in [1.165, 1.54) is 6.07 Å². The monoisotopic (exact) mass is 396 g/mol. The smallest absolute Gasteiger partial charge is 0.253 e. The largest absolute Gasteiger partial charge is 0.337 e. The van der Waals surface area contributed by atoms with Crippen molar-refractivity contribution in [3.8, 4) is 0 Å². The van der Waals surface area contributed by atoms with Crippen molar-refractivity contribution < 1.29 is 13.2 Å². The molecule has 0 aliphatic rings. The average molecular weight is 397 g/mol. The maximum atomic E-state index is 12.5. The number of benzene rings is 2. The van der Waals surface area contributed by atoms with Crippen molar-refractivity contribution in [3.05, 3.63) is 64.1 Å². The Hall–Kier alpha value is -1.86. The maximum Gasteiger partial charge on any atom is 0.253 e. The van der Waals surface area contributed by atoms with Crippen LogP contribution in [-0.4, -0.2) is 32.5 Å². The molecule has 0 aromatic heterocycles. The van der Waals surface area contributed by atoms with E-state index < -0.39 is 10.0 Å². The van der Waals surface area contributed by atoms with Gasteiger partial charge in [0.15, 0.2) is 0 Å². The summed E-state index contributed by atoms with van der Waals surface area (Å²) in [5.74, 6) is -0.176. The van der Waals surface area contributed by atoms with Crippen molar-refractivity contribution in [2.45, 2.75) is 6.54 Å². The maximum absolute atomic E-state index is 12.5. The van der Waals surface area contributed by atoms with E-state index in [1.54, 1.807) is 30.1 Å². The van der Waals surface area contributed by atoms with Gasteiger partial charge in [0.25, 0.3) is 5.91 Å². The molecule has 0 aliphatic carbocycles. The second-order valence-electron chi connectivity index (χ2n) is 5.24. The lowest BCUT2D eigenvalue weighted by molar-refractivity contribution is 0.0785. The van der Waals surface area contributed by atoms with E-state index in [0.29, 0.717) is 17.8 Å². The topological polar surface area (TPSA) is 66.5 Å². The second kappa shape index (κ2) is 7.14. The van der Waals surface area contributed by atoms with Crippen LogP contribution in [0, 0.1) is 0 Å². The summed E-state index contributed by atoms with van der Waals surface area (Å²) in [6.07, 6.45) is 1.07. The highest BCUT2D eigenvalue weighted by Gasteiger charge is 2.13. The van der Waals surface area contributed by atoms with Crippen LogP contribution in [0.5, 0.6) is 0 Å². The Morgan fingerprint density at radius 3 is 2.43 bits per heavy atom. The van der Waals surface area contributed by atoms with Crippen LogP contribution >= 0.6 is 15.9 Å². The van der Waals surface area contributed by atoms with E-state index in [-0.39, 0.29) is 5.91 Å². The highest BCUT2D eigenvalue weighted by atomic mass is 79.9. The van der Waals surface area contributed by atoms with Gasteiger partial charge in [-0.2, -0.15) is 0 Å². The summed E-state index contributed by atoms with van der Waals surface area (Å²) >= 11 is 3.37. The number of halogens is 1. The predicted molar refractivity (Wildman–Crippen MR) is 94.8 cm³/mol. The Kier molecular flexibility index (Phi) is 5.43. The van der Waals surface area contributed by atoms with Crippen molar-refractivity contribution in [1.82, 2.24) is 4.90 Å². The van der Waals surface area contributed by atoms with E-state index in [0.717, 1.165) is 16.3 Å². The molecule has 7 heteroatoms. The first-order chi connectivity index (χ1) is 10.7. The first kappa shape index (κ1) is 17.5. The standard InChI is InChI=1S/C16H17BrN2O3S/c1-19(11-12-6-8-14(17)9-7-12)16(20)13-4-3-5-15(10-13)18-23(2,21)22/h3-10,18H,11H2,1-2H3. The Balaban J connectivity index is 2.13. The molecule has 2 rings (SSSR count). The number of sulfonamides is 1. The first-order valence-electron chi connectivity index (χ1n) is 6.82. The molecule has 1 N–H and O–H groups in total. The number of carbonyl (C=O) groups excluding carboxylic acids is 1. The molecule has 2 aromatic rings. The lowest BCUT2D eigenvalue weighted by Crippen LogP contribution is -2.26.